The Morgan fingerprint density at radius 1 is 0.725 bits per heavy atom. The number of aromatic amines is 3. The van der Waals surface area contributed by atoms with Crippen LogP contribution < -0.4 is 32.0 Å². The van der Waals surface area contributed by atoms with Gasteiger partial charge < -0.3 is 9.47 Å². The molecule has 4 heterocycles. The molecular weight excluding hydrogens is 990 g/mol. The van der Waals surface area contributed by atoms with Crippen LogP contribution in [-0.2, 0) is 60.2 Å². The number of aromatic nitrogens is 6. The summed E-state index contributed by atoms with van der Waals surface area (Å²) in [4.78, 5) is 62.6. The molecule has 0 spiro atoms. The number of nitrogens with zero attached hydrogens (tertiary/aromatic N) is 5. The smallest absolute Gasteiger partial charge is 0.331 e. The van der Waals surface area contributed by atoms with Gasteiger partial charge in [-0.3, -0.25) is 33.3 Å². The predicted molar refractivity (Wildman–Crippen MR) is 252 cm³/mol. The maximum atomic E-state index is 13.6. The van der Waals surface area contributed by atoms with Crippen molar-refractivity contribution in [2.45, 2.75) is 66.5 Å². The first-order chi connectivity index (χ1) is 31.7. The van der Waals surface area contributed by atoms with Crippen molar-refractivity contribution in [1.29, 1.82) is 10.5 Å². The van der Waals surface area contributed by atoms with Gasteiger partial charge in [-0.25, -0.2) is 19.6 Å². The van der Waals surface area contributed by atoms with Crippen molar-refractivity contribution < 1.29 is 63.6 Å². The second-order valence-corrected chi connectivity index (χ2v) is 16.9. The van der Waals surface area contributed by atoms with Crippen LogP contribution in [0.15, 0.2) is 104 Å². The number of nitrogens with one attached hydrogen (secondary N) is 3. The number of pyridine rings is 2. The van der Waals surface area contributed by atoms with E-state index >= 15 is 0 Å². The van der Waals surface area contributed by atoms with E-state index in [0.29, 0.717) is 33.8 Å². The van der Waals surface area contributed by atoms with Gasteiger partial charge in [-0.15, -0.1) is 0 Å². The zero-order valence-electron chi connectivity index (χ0n) is 38.5. The summed E-state index contributed by atoms with van der Waals surface area (Å²) in [5.74, 6) is -0.596. The summed E-state index contributed by atoms with van der Waals surface area (Å²) in [5.41, 5.74) is 2.63. The molecule has 0 saturated carbocycles. The topological polar surface area (TPSA) is 256 Å². The van der Waals surface area contributed by atoms with Crippen LogP contribution in [0.1, 0.15) is 84.0 Å². The maximum Gasteiger partial charge on any atom is 0.331 e. The van der Waals surface area contributed by atoms with Crippen LogP contribution in [0.2, 0.25) is 0 Å². The largest absolute Gasteiger partial charge is 0.440 e. The van der Waals surface area contributed by atoms with E-state index in [4.69, 9.17) is 20.0 Å². The predicted octanol–water partition coefficient (Wildman–Crippen LogP) is 7.02. The standard InChI is InChI=1S/C23H21FN4O3.C17H17N3O3.C7H8FNO3S.B.Y/c1-14(2)20-21(29)27-23(30)28(13-17-6-8-26-19(24)12-17)22(20)31-18-10-15(3)9-16(11-18)5-4-7-25;1-10(2)14-15(21)19-17(22)20-16(14)23-13-8-11(3)7-12(9-13)5-4-6-18;1-13(10,11)12-5-6-2-3-9-7(8)4-6;;/h4-6,8-12,14H,13H2,1-3H3,(H,27,29,30);4-5,7-10H,1-3H3,(H2,19,20,21,22);2-4H,5H2,1H3;;/b2*5-4+;;;. The van der Waals surface area contributed by atoms with Gasteiger partial charge in [0.1, 0.15) is 11.5 Å². The molecule has 4 aromatic heterocycles. The third-order valence-electron chi connectivity index (χ3n) is 8.93. The molecule has 17 nitrogen and oxygen atoms in total. The fourth-order valence-electron chi connectivity index (χ4n) is 6.20. The molecule has 3 N–H and O–H groups in total. The maximum absolute atomic E-state index is 13.6. The number of hydrogen-bond donors (Lipinski definition) is 3. The van der Waals surface area contributed by atoms with Gasteiger partial charge >= 0.3 is 11.4 Å². The average molecular weight is 1040 g/mol. The monoisotopic (exact) mass is 1040 g/mol. The number of allylic oxidation sites excluding steroid dienone is 2. The van der Waals surface area contributed by atoms with Gasteiger partial charge in [-0.1, -0.05) is 39.8 Å². The fraction of sp³-hybridized carbons (Fsp3) is 0.234. The zero-order chi connectivity index (χ0) is 49.4. The number of benzene rings is 2. The van der Waals surface area contributed by atoms with E-state index in [9.17, 15) is 36.4 Å². The number of rotatable bonds is 13. The van der Waals surface area contributed by atoms with E-state index < -0.39 is 44.5 Å². The van der Waals surface area contributed by atoms with Crippen LogP contribution >= 0.6 is 0 Å². The van der Waals surface area contributed by atoms with Crippen LogP contribution in [0.4, 0.5) is 8.78 Å². The normalized spacial score (nSPS) is 10.8. The van der Waals surface area contributed by atoms with Crippen LogP contribution in [-0.4, -0.2) is 52.6 Å². The van der Waals surface area contributed by atoms with Crippen molar-refractivity contribution in [2.24, 2.45) is 0 Å². The van der Waals surface area contributed by atoms with Crippen LogP contribution in [0.25, 0.3) is 12.2 Å². The molecule has 0 aliphatic rings. The Balaban J connectivity index is 0.000000379. The molecule has 0 atom stereocenters. The van der Waals surface area contributed by atoms with Gasteiger partial charge in [0.05, 0.1) is 42.7 Å². The minimum atomic E-state index is -3.48. The molecule has 0 unspecified atom stereocenters. The van der Waals surface area contributed by atoms with Gasteiger partial charge in [0, 0.05) is 65.7 Å². The quantitative estimate of drug-likeness (QED) is 0.0456. The summed E-state index contributed by atoms with van der Waals surface area (Å²) < 4.78 is 64.7. The molecule has 354 valence electrons. The van der Waals surface area contributed by atoms with Crippen molar-refractivity contribution in [2.75, 3.05) is 6.26 Å². The van der Waals surface area contributed by atoms with Crippen molar-refractivity contribution in [3.63, 3.8) is 0 Å². The third kappa shape index (κ3) is 18.6. The van der Waals surface area contributed by atoms with Crippen LogP contribution in [0.3, 0.4) is 0 Å². The first-order valence-corrected chi connectivity index (χ1v) is 22.0. The molecular formula is C47H46BF2N8O9SY. The molecule has 22 heteroatoms. The SMILES string of the molecule is CS(=O)(=O)OCc1ccnc(F)c1.Cc1cc(/C=C/C#N)cc(Oc2[nH]c(=O)[nH]c(=O)c2C(C)C)c1.Cc1cc(/C=C/C#N)cc(Oc2c(C(C)C)c(=O)[nH]c(=O)n2Cc2ccnc(F)c2)c1.[B].[Y]. The molecule has 0 aliphatic carbocycles. The first kappa shape index (κ1) is 58.2. The minimum absolute atomic E-state index is 0. The summed E-state index contributed by atoms with van der Waals surface area (Å²) in [6.45, 7) is 10.9. The Labute approximate surface area is 423 Å². The molecule has 2 aromatic carbocycles. The fourth-order valence-corrected chi connectivity index (χ4v) is 6.55. The van der Waals surface area contributed by atoms with Crippen molar-refractivity contribution in [3.05, 3.63) is 183 Å². The summed E-state index contributed by atoms with van der Waals surface area (Å²) >= 11 is 0. The second-order valence-electron chi connectivity index (χ2n) is 15.3. The van der Waals surface area contributed by atoms with Crippen molar-refractivity contribution in [3.8, 4) is 35.4 Å². The van der Waals surface area contributed by atoms with Gasteiger partial charge in [0.15, 0.2) is 0 Å². The molecule has 4 radical (unpaired) electrons. The minimum Gasteiger partial charge on any atom is -0.440 e. The van der Waals surface area contributed by atoms with Crippen molar-refractivity contribution >= 4 is 30.7 Å². The Kier molecular flexibility index (Phi) is 22.9. The number of nitriles is 2. The van der Waals surface area contributed by atoms with E-state index in [-0.39, 0.29) is 77.9 Å². The molecule has 0 fully saturated rings. The van der Waals surface area contributed by atoms with E-state index in [1.165, 1.54) is 41.2 Å². The number of hydrogen-bond acceptors (Lipinski definition) is 13. The molecule has 69 heavy (non-hydrogen) atoms. The van der Waals surface area contributed by atoms with E-state index in [2.05, 4.69) is 29.1 Å². The molecule has 0 aliphatic heterocycles. The van der Waals surface area contributed by atoms with Crippen molar-refractivity contribution in [1.82, 2.24) is 29.5 Å². The molecule has 6 rings (SSSR count). The second kappa shape index (κ2) is 27.2. The van der Waals surface area contributed by atoms with Crippen LogP contribution in [0, 0.1) is 48.4 Å². The van der Waals surface area contributed by atoms with Gasteiger partial charge in [0.25, 0.3) is 21.2 Å². The summed E-state index contributed by atoms with van der Waals surface area (Å²) in [6, 6.07) is 20.0. The number of ether oxygens (including phenoxy) is 2. The number of halogens is 2. The van der Waals surface area contributed by atoms with Gasteiger partial charge in [-0.2, -0.15) is 27.7 Å². The first-order valence-electron chi connectivity index (χ1n) is 20.2. The van der Waals surface area contributed by atoms with Gasteiger partial charge in [0.2, 0.25) is 23.7 Å². The Morgan fingerprint density at radius 2 is 1.22 bits per heavy atom. The third-order valence-corrected chi connectivity index (χ3v) is 9.47. The summed E-state index contributed by atoms with van der Waals surface area (Å²) in [7, 11) is -3.48. The number of H-pyrrole nitrogens is 3. The van der Waals surface area contributed by atoms with E-state index in [0.717, 1.165) is 34.6 Å². The Bertz CT molecular complexity index is 3250. The Morgan fingerprint density at radius 3 is 1.71 bits per heavy atom. The van der Waals surface area contributed by atoms with Gasteiger partial charge in [-0.05, 0) is 120 Å². The van der Waals surface area contributed by atoms with E-state index in [1.807, 2.05) is 65.8 Å². The zero-order valence-corrected chi connectivity index (χ0v) is 42.2. The molecule has 6 aromatic rings. The molecule has 0 bridgehead atoms. The molecule has 0 saturated heterocycles. The van der Waals surface area contributed by atoms with Crippen LogP contribution in [0.5, 0.6) is 23.3 Å². The average Bonchev–Trinajstić information content (AvgIpc) is 3.22. The summed E-state index contributed by atoms with van der Waals surface area (Å²) in [5, 5.41) is 17.4. The molecule has 0 amide bonds. The number of aryl methyl sites for hydroxylation is 2. The summed E-state index contributed by atoms with van der Waals surface area (Å²) in [6.07, 6.45) is 9.49. The Hall–Kier alpha value is -6.90. The van der Waals surface area contributed by atoms with E-state index in [1.54, 1.807) is 42.5 Å².